The zero-order valence-electron chi connectivity index (χ0n) is 7.37. The molecule has 12 heavy (non-hydrogen) atoms. The maximum absolute atomic E-state index is 12.0. The van der Waals surface area contributed by atoms with Crippen LogP contribution >= 0.6 is 0 Å². The fourth-order valence-electron chi connectivity index (χ4n) is 0.614. The van der Waals surface area contributed by atoms with E-state index in [1.165, 1.54) is 14.0 Å². The minimum atomic E-state index is -4.34. The van der Waals surface area contributed by atoms with Gasteiger partial charge < -0.3 is 5.32 Å². The van der Waals surface area contributed by atoms with E-state index in [0.717, 1.165) is 6.08 Å². The van der Waals surface area contributed by atoms with Crippen LogP contribution in [-0.2, 0) is 0 Å². The first-order valence-corrected chi connectivity index (χ1v) is 2.96. The second kappa shape index (κ2) is 6.20. The van der Waals surface area contributed by atoms with Crippen molar-refractivity contribution in [1.29, 1.82) is 0 Å². The summed E-state index contributed by atoms with van der Waals surface area (Å²) in [5.41, 5.74) is -1.01. The van der Waals surface area contributed by atoms with Crippen molar-refractivity contribution in [2.24, 2.45) is 0 Å². The molecule has 0 unspecified atom stereocenters. The summed E-state index contributed by atoms with van der Waals surface area (Å²) in [4.78, 5) is 0. The Morgan fingerprint density at radius 3 is 1.92 bits per heavy atom. The zero-order chi connectivity index (χ0) is 9.07. The van der Waals surface area contributed by atoms with Gasteiger partial charge in [0.15, 0.2) is 0 Å². The average Bonchev–Trinajstić information content (AvgIpc) is 1.86. The second-order valence-electron chi connectivity index (χ2n) is 1.87. The van der Waals surface area contributed by atoms with Crippen LogP contribution in [0.15, 0.2) is 23.9 Å². The van der Waals surface area contributed by atoms with Gasteiger partial charge in [-0.1, -0.05) is 6.08 Å². The normalized spacial score (nSPS) is 11.9. The van der Waals surface area contributed by atoms with Gasteiger partial charge in [0.2, 0.25) is 0 Å². The molecule has 0 aliphatic rings. The van der Waals surface area contributed by atoms with Gasteiger partial charge in [0.25, 0.3) is 0 Å². The third-order valence-corrected chi connectivity index (χ3v) is 1.17. The number of rotatable bonds is 2. The maximum atomic E-state index is 12.0. The minimum absolute atomic E-state index is 0. The molecule has 64 valence electrons. The Bertz CT molecular complexity index is 184. The molecule has 0 rings (SSSR count). The van der Waals surface area contributed by atoms with E-state index in [4.69, 9.17) is 0 Å². The van der Waals surface area contributed by atoms with Crippen LogP contribution in [0.3, 0.4) is 0 Å². The first kappa shape index (κ1) is 15.2. The van der Waals surface area contributed by atoms with E-state index in [-0.39, 0.29) is 57.1 Å². The Kier molecular flexibility index (Phi) is 7.85. The standard InChI is InChI=1S/C7H9F3N.K/c1-4-6(5(2)11-3)7(8,9)10;/h4H,2H2,1,3H3;/q-1;+1/b6-4+;. The number of halogens is 3. The molecule has 0 fully saturated rings. The van der Waals surface area contributed by atoms with Crippen molar-refractivity contribution in [2.45, 2.75) is 13.1 Å². The first-order chi connectivity index (χ1) is 4.93. The number of hydrogen-bond donors (Lipinski definition) is 0. The molecule has 0 saturated heterocycles. The Morgan fingerprint density at radius 2 is 1.83 bits per heavy atom. The van der Waals surface area contributed by atoms with Crippen molar-refractivity contribution in [3.63, 3.8) is 0 Å². The van der Waals surface area contributed by atoms with Gasteiger partial charge in [-0.25, -0.2) is 0 Å². The average molecular weight is 203 g/mol. The van der Waals surface area contributed by atoms with Crippen molar-refractivity contribution in [1.82, 2.24) is 0 Å². The van der Waals surface area contributed by atoms with Gasteiger partial charge in [0, 0.05) is 5.57 Å². The van der Waals surface area contributed by atoms with Crippen molar-refractivity contribution in [3.05, 3.63) is 29.2 Å². The summed E-state index contributed by atoms with van der Waals surface area (Å²) in [6, 6.07) is 0. The molecule has 0 atom stereocenters. The summed E-state index contributed by atoms with van der Waals surface area (Å²) in [6.07, 6.45) is -3.39. The summed E-state index contributed by atoms with van der Waals surface area (Å²) in [5.74, 6) is 0. The third kappa shape index (κ3) is 4.66. The summed E-state index contributed by atoms with van der Waals surface area (Å²) >= 11 is 0. The van der Waals surface area contributed by atoms with Crippen molar-refractivity contribution in [2.75, 3.05) is 7.05 Å². The molecule has 0 aliphatic heterocycles. The van der Waals surface area contributed by atoms with Gasteiger partial charge >= 0.3 is 57.6 Å². The van der Waals surface area contributed by atoms with E-state index in [9.17, 15) is 13.2 Å². The molecule has 0 amide bonds. The molecule has 0 radical (unpaired) electrons. The summed E-state index contributed by atoms with van der Waals surface area (Å²) in [7, 11) is 1.28. The maximum Gasteiger partial charge on any atom is 1.00 e. The van der Waals surface area contributed by atoms with E-state index in [2.05, 4.69) is 11.9 Å². The van der Waals surface area contributed by atoms with Gasteiger partial charge in [-0.3, -0.25) is 0 Å². The van der Waals surface area contributed by atoms with Crippen LogP contribution in [0.25, 0.3) is 5.32 Å². The largest absolute Gasteiger partial charge is 1.00 e. The Balaban J connectivity index is 0. The molecule has 0 aliphatic carbocycles. The van der Waals surface area contributed by atoms with Crippen molar-refractivity contribution < 1.29 is 64.6 Å². The number of nitrogens with zero attached hydrogens (tertiary/aromatic N) is 1. The van der Waals surface area contributed by atoms with E-state index in [1.54, 1.807) is 0 Å². The molecule has 0 aromatic carbocycles. The molecule has 0 N–H and O–H groups in total. The van der Waals surface area contributed by atoms with E-state index < -0.39 is 11.7 Å². The van der Waals surface area contributed by atoms with Gasteiger partial charge in [-0.2, -0.15) is 13.2 Å². The van der Waals surface area contributed by atoms with E-state index in [0.29, 0.717) is 0 Å². The molecular formula is C7H9F3KN. The topological polar surface area (TPSA) is 14.1 Å². The van der Waals surface area contributed by atoms with Crippen LogP contribution in [-0.4, -0.2) is 13.2 Å². The minimum Gasteiger partial charge on any atom is -0.687 e. The quantitative estimate of drug-likeness (QED) is 0.443. The molecule has 0 spiro atoms. The molecule has 5 heteroatoms. The van der Waals surface area contributed by atoms with E-state index in [1.807, 2.05) is 0 Å². The monoisotopic (exact) mass is 203 g/mol. The smallest absolute Gasteiger partial charge is 0.687 e. The van der Waals surface area contributed by atoms with E-state index >= 15 is 0 Å². The fourth-order valence-corrected chi connectivity index (χ4v) is 0.614. The summed E-state index contributed by atoms with van der Waals surface area (Å²) in [5, 5.41) is 3.34. The third-order valence-electron chi connectivity index (χ3n) is 1.17. The first-order valence-electron chi connectivity index (χ1n) is 2.96. The van der Waals surface area contributed by atoms with Crippen LogP contribution in [0.2, 0.25) is 0 Å². The number of alkyl halides is 3. The van der Waals surface area contributed by atoms with Crippen LogP contribution in [0.1, 0.15) is 6.92 Å². The number of hydrogen-bond acceptors (Lipinski definition) is 0. The Morgan fingerprint density at radius 1 is 1.42 bits per heavy atom. The molecular weight excluding hydrogens is 194 g/mol. The molecule has 0 aromatic rings. The Hall–Kier alpha value is 0.706. The molecule has 1 nitrogen and oxygen atoms in total. The van der Waals surface area contributed by atoms with Gasteiger partial charge in [-0.05, 0) is 6.92 Å². The number of allylic oxidation sites excluding steroid dienone is 2. The van der Waals surface area contributed by atoms with Crippen LogP contribution < -0.4 is 51.4 Å². The number of likely N-dealkylation sites (N-methyl/N-ethyl adjacent to an activating group) is 1. The zero-order valence-corrected chi connectivity index (χ0v) is 10.5. The molecule has 0 heterocycles. The fraction of sp³-hybridized carbons (Fsp3) is 0.429. The van der Waals surface area contributed by atoms with Crippen LogP contribution in [0.5, 0.6) is 0 Å². The van der Waals surface area contributed by atoms with Crippen molar-refractivity contribution in [3.8, 4) is 0 Å². The SMILES string of the molecule is C=C([N-]C)/C(=C\C)C(F)(F)F.[K+]. The van der Waals surface area contributed by atoms with Gasteiger partial charge in [0.05, 0.1) is 0 Å². The Labute approximate surface area is 113 Å². The molecule has 0 saturated carbocycles. The van der Waals surface area contributed by atoms with Gasteiger partial charge in [0.1, 0.15) is 0 Å². The molecule has 0 aromatic heterocycles. The summed E-state index contributed by atoms with van der Waals surface area (Å²) in [6.45, 7) is 4.46. The molecule has 0 bridgehead atoms. The van der Waals surface area contributed by atoms with Crippen LogP contribution in [0, 0.1) is 0 Å². The van der Waals surface area contributed by atoms with Gasteiger partial charge in [-0.15, -0.1) is 19.3 Å². The predicted molar refractivity (Wildman–Crippen MR) is 38.2 cm³/mol. The summed E-state index contributed by atoms with van der Waals surface area (Å²) < 4.78 is 35.9. The predicted octanol–water partition coefficient (Wildman–Crippen LogP) is 0.0162. The van der Waals surface area contributed by atoms with Crippen molar-refractivity contribution >= 4 is 0 Å². The second-order valence-corrected chi connectivity index (χ2v) is 1.87. The van der Waals surface area contributed by atoms with Crippen LogP contribution in [0.4, 0.5) is 13.2 Å².